The van der Waals surface area contributed by atoms with E-state index in [1.54, 1.807) is 12.1 Å². The smallest absolute Gasteiger partial charge is 0.422 e. The van der Waals surface area contributed by atoms with Crippen LogP contribution in [-0.2, 0) is 32.1 Å². The molecule has 1 heterocycles. The second-order valence-corrected chi connectivity index (χ2v) is 10.1. The molecule has 3 nitrogen and oxygen atoms in total. The molecule has 0 atom stereocenters. The summed E-state index contributed by atoms with van der Waals surface area (Å²) in [4.78, 5) is 9.02. The first-order chi connectivity index (χ1) is 19.2. The molecule has 8 heteroatoms. The molecule has 0 amide bonds. The van der Waals surface area contributed by atoms with Crippen LogP contribution in [0.15, 0.2) is 60.9 Å². The molecule has 0 aliphatic rings. The zero-order valence-electron chi connectivity index (χ0n) is 22.5. The van der Waals surface area contributed by atoms with E-state index >= 15 is 4.39 Å². The third-order valence-corrected chi connectivity index (χ3v) is 6.88. The third kappa shape index (κ3) is 8.47. The van der Waals surface area contributed by atoms with Gasteiger partial charge in [0.2, 0.25) is 0 Å². The molecule has 0 fully saturated rings. The maximum absolute atomic E-state index is 15.3. The van der Waals surface area contributed by atoms with Crippen LogP contribution in [0.2, 0.25) is 0 Å². The molecule has 0 bridgehead atoms. The lowest BCUT2D eigenvalue weighted by Gasteiger charge is -2.11. The predicted molar refractivity (Wildman–Crippen MR) is 147 cm³/mol. The van der Waals surface area contributed by atoms with Crippen LogP contribution >= 0.6 is 0 Å². The Morgan fingerprint density at radius 2 is 1.45 bits per heavy atom. The molecule has 4 aromatic rings. The van der Waals surface area contributed by atoms with Crippen molar-refractivity contribution >= 4 is 10.8 Å². The molecule has 0 saturated carbocycles. The van der Waals surface area contributed by atoms with Crippen LogP contribution in [0.1, 0.15) is 60.7 Å². The highest BCUT2D eigenvalue weighted by Gasteiger charge is 2.29. The molecule has 0 N–H and O–H groups in total. The summed E-state index contributed by atoms with van der Waals surface area (Å²) in [5, 5.41) is 1.30. The highest BCUT2D eigenvalue weighted by atomic mass is 19.4. The second-order valence-electron chi connectivity index (χ2n) is 10.1. The van der Waals surface area contributed by atoms with Crippen molar-refractivity contribution in [2.75, 3.05) is 6.61 Å². The van der Waals surface area contributed by atoms with Gasteiger partial charge < -0.3 is 4.74 Å². The summed E-state index contributed by atoms with van der Waals surface area (Å²) in [6.07, 6.45) is 7.20. The molecule has 0 unspecified atom stereocenters. The number of aryl methyl sites for hydroxylation is 5. The van der Waals surface area contributed by atoms with Crippen molar-refractivity contribution in [3.63, 3.8) is 0 Å². The van der Waals surface area contributed by atoms with Gasteiger partial charge in [-0.1, -0.05) is 62.6 Å². The van der Waals surface area contributed by atoms with E-state index in [0.717, 1.165) is 47.7 Å². The predicted octanol–water partition coefficient (Wildman–Crippen LogP) is 8.54. The summed E-state index contributed by atoms with van der Waals surface area (Å²) in [5.74, 6) is -0.880. The zero-order chi connectivity index (χ0) is 28.5. The number of rotatable bonds is 13. The second kappa shape index (κ2) is 13.7. The Balaban J connectivity index is 1.33. The lowest BCUT2D eigenvalue weighted by Crippen LogP contribution is -2.19. The normalized spacial score (nSPS) is 11.8. The highest BCUT2D eigenvalue weighted by molar-refractivity contribution is 5.84. The summed E-state index contributed by atoms with van der Waals surface area (Å²) < 4.78 is 70.9. The number of aromatic nitrogens is 2. The SMILES string of the molecule is CCCCCCc1cnc(CCc2ccc3c(F)c(CCc4ccc(OCC(F)(F)F)c(F)c4)ccc3c2)nc1. The Morgan fingerprint density at radius 3 is 2.17 bits per heavy atom. The van der Waals surface area contributed by atoms with Crippen molar-refractivity contribution in [2.24, 2.45) is 0 Å². The van der Waals surface area contributed by atoms with Crippen LogP contribution in [-0.4, -0.2) is 22.8 Å². The summed E-state index contributed by atoms with van der Waals surface area (Å²) in [5.41, 5.74) is 3.25. The number of benzene rings is 3. The molecule has 0 aliphatic heterocycles. The number of halogens is 5. The van der Waals surface area contributed by atoms with Gasteiger partial charge in [0.1, 0.15) is 11.6 Å². The van der Waals surface area contributed by atoms with Crippen molar-refractivity contribution in [2.45, 2.75) is 70.9 Å². The molecular formula is C32H33F5N2O. The summed E-state index contributed by atoms with van der Waals surface area (Å²) in [6.45, 7) is 0.636. The lowest BCUT2D eigenvalue weighted by atomic mass is 9.98. The van der Waals surface area contributed by atoms with Gasteiger partial charge in [-0.15, -0.1) is 0 Å². The molecule has 40 heavy (non-hydrogen) atoms. The number of unbranched alkanes of at least 4 members (excludes halogenated alkanes) is 3. The minimum atomic E-state index is -4.55. The molecule has 3 aromatic carbocycles. The number of nitrogens with zero attached hydrogens (tertiary/aromatic N) is 2. The molecule has 4 rings (SSSR count). The summed E-state index contributed by atoms with van der Waals surface area (Å²) >= 11 is 0. The van der Waals surface area contributed by atoms with E-state index in [9.17, 15) is 17.6 Å². The van der Waals surface area contributed by atoms with Crippen LogP contribution in [0.3, 0.4) is 0 Å². The fraction of sp³-hybridized carbons (Fsp3) is 0.375. The standard InChI is InChI=1S/C32H33F5N2O/c1-2-3-4-5-6-24-19-38-30(39-20-24)16-10-22-8-14-27-26(17-22)13-12-25(31(27)34)11-7-23-9-15-29(28(33)18-23)40-21-32(35,36)37/h8-9,12-15,17-20H,2-7,10-11,16,21H2,1H3. The Labute approximate surface area is 231 Å². The highest BCUT2D eigenvalue weighted by Crippen LogP contribution is 2.26. The molecule has 1 aromatic heterocycles. The average Bonchev–Trinajstić information content (AvgIpc) is 2.93. The van der Waals surface area contributed by atoms with Gasteiger partial charge in [-0.25, -0.2) is 18.7 Å². The van der Waals surface area contributed by atoms with E-state index in [-0.39, 0.29) is 5.82 Å². The third-order valence-electron chi connectivity index (χ3n) is 6.88. The van der Waals surface area contributed by atoms with E-state index in [1.807, 2.05) is 30.6 Å². The Bertz CT molecular complexity index is 1400. The fourth-order valence-corrected chi connectivity index (χ4v) is 4.64. The van der Waals surface area contributed by atoms with E-state index in [4.69, 9.17) is 0 Å². The van der Waals surface area contributed by atoms with Crippen molar-refractivity contribution in [3.05, 3.63) is 101 Å². The maximum Gasteiger partial charge on any atom is 0.422 e. The molecule has 0 radical (unpaired) electrons. The molecule has 0 spiro atoms. The zero-order valence-corrected chi connectivity index (χ0v) is 22.5. The van der Waals surface area contributed by atoms with E-state index < -0.39 is 24.3 Å². The van der Waals surface area contributed by atoms with Crippen LogP contribution in [0.25, 0.3) is 10.8 Å². The van der Waals surface area contributed by atoms with Gasteiger partial charge in [0.05, 0.1) is 0 Å². The Hall–Kier alpha value is -3.55. The van der Waals surface area contributed by atoms with Gasteiger partial charge in [0.25, 0.3) is 0 Å². The number of alkyl halides is 3. The van der Waals surface area contributed by atoms with E-state index in [1.165, 1.54) is 31.4 Å². The monoisotopic (exact) mass is 556 g/mol. The van der Waals surface area contributed by atoms with Gasteiger partial charge in [-0.05, 0) is 71.9 Å². The number of ether oxygens (including phenoxy) is 1. The van der Waals surface area contributed by atoms with Crippen molar-refractivity contribution in [1.29, 1.82) is 0 Å². The van der Waals surface area contributed by atoms with Crippen molar-refractivity contribution in [1.82, 2.24) is 9.97 Å². The first-order valence-electron chi connectivity index (χ1n) is 13.7. The van der Waals surface area contributed by atoms with Crippen molar-refractivity contribution in [3.8, 4) is 5.75 Å². The van der Waals surface area contributed by atoms with Gasteiger partial charge >= 0.3 is 6.18 Å². The lowest BCUT2D eigenvalue weighted by molar-refractivity contribution is -0.153. The first kappa shape index (κ1) is 29.4. The molecular weight excluding hydrogens is 523 g/mol. The fourth-order valence-electron chi connectivity index (χ4n) is 4.64. The quantitative estimate of drug-likeness (QED) is 0.122. The average molecular weight is 557 g/mol. The molecule has 212 valence electrons. The number of hydrogen-bond donors (Lipinski definition) is 0. The summed E-state index contributed by atoms with van der Waals surface area (Å²) in [6, 6.07) is 13.0. The van der Waals surface area contributed by atoms with Crippen LogP contribution in [0.5, 0.6) is 5.75 Å². The van der Waals surface area contributed by atoms with Crippen molar-refractivity contribution < 1.29 is 26.7 Å². The number of hydrogen-bond acceptors (Lipinski definition) is 3. The van der Waals surface area contributed by atoms with Gasteiger partial charge in [-0.3, -0.25) is 0 Å². The summed E-state index contributed by atoms with van der Waals surface area (Å²) in [7, 11) is 0. The van der Waals surface area contributed by atoms with Crippen LogP contribution in [0, 0.1) is 11.6 Å². The van der Waals surface area contributed by atoms with Crippen LogP contribution < -0.4 is 4.74 Å². The first-order valence-corrected chi connectivity index (χ1v) is 13.7. The van der Waals surface area contributed by atoms with Gasteiger partial charge in [-0.2, -0.15) is 13.2 Å². The maximum atomic E-state index is 15.3. The van der Waals surface area contributed by atoms with E-state index in [2.05, 4.69) is 21.6 Å². The Morgan fingerprint density at radius 1 is 0.725 bits per heavy atom. The van der Waals surface area contributed by atoms with Crippen LogP contribution in [0.4, 0.5) is 22.0 Å². The molecule has 0 aliphatic carbocycles. The minimum Gasteiger partial charge on any atom is -0.481 e. The minimum absolute atomic E-state index is 0.317. The topological polar surface area (TPSA) is 35.0 Å². The number of fused-ring (bicyclic) bond motifs is 1. The molecule has 0 saturated heterocycles. The Kier molecular flexibility index (Phi) is 10.1. The van der Waals surface area contributed by atoms with E-state index in [0.29, 0.717) is 35.8 Å². The van der Waals surface area contributed by atoms with Gasteiger partial charge in [0, 0.05) is 24.2 Å². The largest absolute Gasteiger partial charge is 0.481 e. The van der Waals surface area contributed by atoms with Gasteiger partial charge in [0.15, 0.2) is 18.2 Å².